The van der Waals surface area contributed by atoms with Crippen molar-refractivity contribution in [3.05, 3.63) is 0 Å². The summed E-state index contributed by atoms with van der Waals surface area (Å²) < 4.78 is 5.58. The largest absolute Gasteiger partial charge is 0.379 e. The third kappa shape index (κ3) is 11.8. The van der Waals surface area contributed by atoms with Crippen LogP contribution < -0.4 is 10.6 Å². The lowest BCUT2D eigenvalue weighted by Gasteiger charge is -2.12. The zero-order valence-corrected chi connectivity index (χ0v) is 15.6. The van der Waals surface area contributed by atoms with Crippen LogP contribution in [0.5, 0.6) is 0 Å². The number of nitrogens with one attached hydrogen (secondary N) is 2. The number of aliphatic imine (C=N–C) groups is 1. The summed E-state index contributed by atoms with van der Waals surface area (Å²) in [7, 11) is 1.81. The van der Waals surface area contributed by atoms with E-state index in [-0.39, 0.29) is 24.0 Å². The second-order valence-electron chi connectivity index (χ2n) is 5.83. The van der Waals surface area contributed by atoms with Crippen LogP contribution in [-0.4, -0.2) is 39.3 Å². The summed E-state index contributed by atoms with van der Waals surface area (Å²) in [5.41, 5.74) is 0. The van der Waals surface area contributed by atoms with Gasteiger partial charge in [0, 0.05) is 26.7 Å². The third-order valence-corrected chi connectivity index (χ3v) is 3.31. The van der Waals surface area contributed by atoms with Crippen LogP contribution in [0.15, 0.2) is 4.99 Å². The molecule has 1 aliphatic carbocycles. The molecule has 0 aromatic carbocycles. The molecular formula is C15H32IN3O. The molecule has 0 heterocycles. The summed E-state index contributed by atoms with van der Waals surface area (Å²) in [6, 6.07) is 0. The number of ether oxygens (including phenoxy) is 1. The first-order valence-corrected chi connectivity index (χ1v) is 7.74. The molecule has 0 atom stereocenters. The fourth-order valence-corrected chi connectivity index (χ4v) is 1.88. The minimum absolute atomic E-state index is 0. The first-order chi connectivity index (χ1) is 9.22. The van der Waals surface area contributed by atoms with Crippen molar-refractivity contribution in [2.75, 3.05) is 33.4 Å². The number of rotatable bonds is 10. The zero-order chi connectivity index (χ0) is 13.9. The molecule has 0 aromatic rings. The summed E-state index contributed by atoms with van der Waals surface area (Å²) in [4.78, 5) is 4.20. The quantitative estimate of drug-likeness (QED) is 0.258. The second-order valence-corrected chi connectivity index (χ2v) is 5.83. The lowest BCUT2D eigenvalue weighted by molar-refractivity contribution is 0.129. The monoisotopic (exact) mass is 397 g/mol. The van der Waals surface area contributed by atoms with Crippen LogP contribution >= 0.6 is 24.0 Å². The molecule has 20 heavy (non-hydrogen) atoms. The van der Waals surface area contributed by atoms with E-state index in [1.165, 1.54) is 32.1 Å². The lowest BCUT2D eigenvalue weighted by atomic mass is 10.1. The van der Waals surface area contributed by atoms with Crippen molar-refractivity contribution in [1.29, 1.82) is 0 Å². The van der Waals surface area contributed by atoms with Crippen LogP contribution in [-0.2, 0) is 4.74 Å². The maximum Gasteiger partial charge on any atom is 0.191 e. The fraction of sp³-hybridized carbons (Fsp3) is 0.933. The Morgan fingerprint density at radius 1 is 1.20 bits per heavy atom. The summed E-state index contributed by atoms with van der Waals surface area (Å²) in [5, 5.41) is 6.62. The van der Waals surface area contributed by atoms with Crippen molar-refractivity contribution in [1.82, 2.24) is 10.6 Å². The van der Waals surface area contributed by atoms with Gasteiger partial charge in [-0.25, -0.2) is 0 Å². The minimum atomic E-state index is 0. The highest BCUT2D eigenvalue weighted by atomic mass is 127. The van der Waals surface area contributed by atoms with E-state index in [0.717, 1.165) is 44.1 Å². The van der Waals surface area contributed by atoms with Crippen molar-refractivity contribution >= 4 is 29.9 Å². The Morgan fingerprint density at radius 3 is 2.50 bits per heavy atom. The van der Waals surface area contributed by atoms with Gasteiger partial charge < -0.3 is 15.4 Å². The van der Waals surface area contributed by atoms with E-state index in [1.54, 1.807) is 0 Å². The fourth-order valence-electron chi connectivity index (χ4n) is 1.88. The van der Waals surface area contributed by atoms with Gasteiger partial charge in [-0.3, -0.25) is 4.99 Å². The Kier molecular flexibility index (Phi) is 12.7. The predicted octanol–water partition coefficient (Wildman–Crippen LogP) is 3.02. The Bertz CT molecular complexity index is 242. The molecule has 0 radical (unpaired) electrons. The van der Waals surface area contributed by atoms with E-state index in [9.17, 15) is 0 Å². The molecule has 0 bridgehead atoms. The highest BCUT2D eigenvalue weighted by Crippen LogP contribution is 2.28. The van der Waals surface area contributed by atoms with Crippen molar-refractivity contribution < 1.29 is 4.74 Å². The Labute approximate surface area is 141 Å². The molecule has 0 saturated heterocycles. The number of hydrogen-bond donors (Lipinski definition) is 2. The van der Waals surface area contributed by atoms with E-state index in [4.69, 9.17) is 4.74 Å². The van der Waals surface area contributed by atoms with Crippen molar-refractivity contribution in [2.45, 2.75) is 46.0 Å². The molecule has 0 spiro atoms. The average molecular weight is 397 g/mol. The van der Waals surface area contributed by atoms with Crippen LogP contribution in [0.2, 0.25) is 0 Å². The van der Waals surface area contributed by atoms with Crippen LogP contribution in [0, 0.1) is 11.8 Å². The number of halogens is 1. The molecule has 120 valence electrons. The molecular weight excluding hydrogens is 365 g/mol. The summed E-state index contributed by atoms with van der Waals surface area (Å²) >= 11 is 0. The highest BCUT2D eigenvalue weighted by Gasteiger charge is 2.20. The van der Waals surface area contributed by atoms with Crippen LogP contribution in [0.25, 0.3) is 0 Å². The molecule has 0 amide bonds. The Hall–Kier alpha value is -0.0400. The van der Waals surface area contributed by atoms with E-state index >= 15 is 0 Å². The Balaban J connectivity index is 0.00000361. The maximum atomic E-state index is 5.58. The van der Waals surface area contributed by atoms with Gasteiger partial charge in [-0.2, -0.15) is 0 Å². The molecule has 0 aliphatic heterocycles. The molecule has 0 aromatic heterocycles. The number of guanidine groups is 1. The van der Waals surface area contributed by atoms with Gasteiger partial charge in [-0.05, 0) is 31.1 Å². The van der Waals surface area contributed by atoms with Crippen molar-refractivity contribution in [2.24, 2.45) is 16.8 Å². The SMILES string of the molecule is CN=C(NCCCCC(C)C)NCCOCC1CC1.I. The molecule has 1 aliphatic rings. The minimum Gasteiger partial charge on any atom is -0.379 e. The Morgan fingerprint density at radius 2 is 1.90 bits per heavy atom. The normalized spacial score (nSPS) is 15.1. The number of unbranched alkanes of at least 4 members (excludes halogenated alkanes) is 1. The summed E-state index contributed by atoms with van der Waals surface area (Å²) in [6.07, 6.45) is 6.51. The van der Waals surface area contributed by atoms with Crippen LogP contribution in [0.4, 0.5) is 0 Å². The van der Waals surface area contributed by atoms with E-state index in [0.29, 0.717) is 0 Å². The highest BCUT2D eigenvalue weighted by molar-refractivity contribution is 14.0. The zero-order valence-electron chi connectivity index (χ0n) is 13.3. The van der Waals surface area contributed by atoms with Gasteiger partial charge in [-0.15, -0.1) is 24.0 Å². The molecule has 1 fully saturated rings. The maximum absolute atomic E-state index is 5.58. The first-order valence-electron chi connectivity index (χ1n) is 7.74. The van der Waals surface area contributed by atoms with E-state index in [1.807, 2.05) is 7.05 Å². The number of hydrogen-bond acceptors (Lipinski definition) is 2. The van der Waals surface area contributed by atoms with Gasteiger partial charge in [0.15, 0.2) is 5.96 Å². The third-order valence-electron chi connectivity index (χ3n) is 3.31. The number of nitrogens with zero attached hydrogens (tertiary/aromatic N) is 1. The van der Waals surface area contributed by atoms with Gasteiger partial charge in [0.2, 0.25) is 0 Å². The molecule has 1 saturated carbocycles. The standard InChI is InChI=1S/C15H31N3O.HI/c1-13(2)6-4-5-9-17-15(16-3)18-10-11-19-12-14-7-8-14;/h13-14H,4-12H2,1-3H3,(H2,16,17,18);1H. The first kappa shape index (κ1) is 20.0. The van der Waals surface area contributed by atoms with Gasteiger partial charge in [0.1, 0.15) is 0 Å². The second kappa shape index (κ2) is 12.7. The molecule has 2 N–H and O–H groups in total. The van der Waals surface area contributed by atoms with Crippen LogP contribution in [0.3, 0.4) is 0 Å². The summed E-state index contributed by atoms with van der Waals surface area (Å²) in [5.74, 6) is 2.54. The van der Waals surface area contributed by atoms with Gasteiger partial charge in [-0.1, -0.05) is 26.7 Å². The molecule has 5 heteroatoms. The summed E-state index contributed by atoms with van der Waals surface area (Å²) in [6.45, 7) is 8.08. The van der Waals surface area contributed by atoms with Gasteiger partial charge in [0.25, 0.3) is 0 Å². The van der Waals surface area contributed by atoms with Crippen LogP contribution in [0.1, 0.15) is 46.0 Å². The molecule has 0 unspecified atom stereocenters. The van der Waals surface area contributed by atoms with Crippen molar-refractivity contribution in [3.63, 3.8) is 0 Å². The molecule has 1 rings (SSSR count). The van der Waals surface area contributed by atoms with Crippen molar-refractivity contribution in [3.8, 4) is 0 Å². The van der Waals surface area contributed by atoms with E-state index < -0.39 is 0 Å². The van der Waals surface area contributed by atoms with Gasteiger partial charge >= 0.3 is 0 Å². The lowest BCUT2D eigenvalue weighted by Crippen LogP contribution is -2.39. The predicted molar refractivity (Wildman–Crippen MR) is 97.0 cm³/mol. The average Bonchev–Trinajstić information content (AvgIpc) is 3.19. The topological polar surface area (TPSA) is 45.7 Å². The van der Waals surface area contributed by atoms with E-state index in [2.05, 4.69) is 29.5 Å². The molecule has 4 nitrogen and oxygen atoms in total. The van der Waals surface area contributed by atoms with Gasteiger partial charge in [0.05, 0.1) is 6.61 Å². The smallest absolute Gasteiger partial charge is 0.191 e.